The van der Waals surface area contributed by atoms with E-state index in [0.29, 0.717) is 12.0 Å². The maximum Gasteiger partial charge on any atom is 0.172 e. The normalized spacial score (nSPS) is 18.4. The van der Waals surface area contributed by atoms with Crippen LogP contribution in [0.4, 0.5) is 0 Å². The van der Waals surface area contributed by atoms with Gasteiger partial charge >= 0.3 is 0 Å². The smallest absolute Gasteiger partial charge is 0.172 e. The predicted molar refractivity (Wildman–Crippen MR) is 64.3 cm³/mol. The Balaban J connectivity index is 3.57. The molecule has 1 heterocycles. The van der Waals surface area contributed by atoms with Crippen LogP contribution < -0.4 is 5.73 Å². The van der Waals surface area contributed by atoms with Gasteiger partial charge in [-0.2, -0.15) is 15.8 Å². The summed E-state index contributed by atoms with van der Waals surface area (Å²) in [5, 5.41) is 27.0. The second-order valence-electron chi connectivity index (χ2n) is 4.46. The van der Waals surface area contributed by atoms with Gasteiger partial charge in [-0.1, -0.05) is 6.92 Å². The lowest BCUT2D eigenvalue weighted by molar-refractivity contribution is 0.0881. The molecule has 5 nitrogen and oxygen atoms in total. The van der Waals surface area contributed by atoms with Gasteiger partial charge in [-0.15, -0.1) is 0 Å². The minimum Gasteiger partial charge on any atom is -0.480 e. The molecule has 0 aliphatic carbocycles. The molecule has 5 heteroatoms. The van der Waals surface area contributed by atoms with Crippen molar-refractivity contribution in [1.29, 1.82) is 15.8 Å². The molecular weight excluding hydrogens is 228 g/mol. The molecule has 1 rings (SSSR count). The molecule has 1 aliphatic heterocycles. The molecule has 0 aromatic carbocycles. The van der Waals surface area contributed by atoms with Crippen molar-refractivity contribution < 1.29 is 4.74 Å². The summed E-state index contributed by atoms with van der Waals surface area (Å²) in [5.41, 5.74) is 5.88. The summed E-state index contributed by atoms with van der Waals surface area (Å²) >= 11 is 0. The minimum atomic E-state index is -0.769. The van der Waals surface area contributed by atoms with Crippen molar-refractivity contribution in [2.24, 2.45) is 5.73 Å². The van der Waals surface area contributed by atoms with E-state index in [0.717, 1.165) is 0 Å². The van der Waals surface area contributed by atoms with Crippen LogP contribution in [0.25, 0.3) is 0 Å². The Labute approximate surface area is 106 Å². The molecule has 0 amide bonds. The molecule has 0 aromatic heterocycles. The molecule has 0 saturated carbocycles. The molecule has 2 N–H and O–H groups in total. The number of nitrogens with two attached hydrogens (primary N) is 1. The molecule has 0 fully saturated rings. The van der Waals surface area contributed by atoms with E-state index in [1.54, 1.807) is 26.0 Å². The van der Waals surface area contributed by atoms with Crippen LogP contribution in [0.15, 0.2) is 22.5 Å². The van der Waals surface area contributed by atoms with Crippen LogP contribution in [0.2, 0.25) is 0 Å². The van der Waals surface area contributed by atoms with Gasteiger partial charge in [-0.25, -0.2) is 0 Å². The summed E-state index contributed by atoms with van der Waals surface area (Å²) < 4.78 is 5.59. The number of hydrogen-bond acceptors (Lipinski definition) is 5. The number of allylic oxidation sites excluding steroid dienone is 2. The maximum atomic E-state index is 9.23. The van der Waals surface area contributed by atoms with E-state index < -0.39 is 5.60 Å². The number of hydrogen-bond donors (Lipinski definition) is 1. The van der Waals surface area contributed by atoms with Gasteiger partial charge in [-0.3, -0.25) is 0 Å². The van der Waals surface area contributed by atoms with Gasteiger partial charge in [0.25, 0.3) is 0 Å². The van der Waals surface area contributed by atoms with Crippen LogP contribution in [-0.2, 0) is 4.74 Å². The van der Waals surface area contributed by atoms with Gasteiger partial charge < -0.3 is 10.5 Å². The lowest BCUT2D eigenvalue weighted by Crippen LogP contribution is -2.34. The van der Waals surface area contributed by atoms with Gasteiger partial charge in [0.05, 0.1) is 0 Å². The molecule has 0 aromatic rings. The molecule has 1 aliphatic rings. The van der Waals surface area contributed by atoms with E-state index in [4.69, 9.17) is 21.0 Å². The van der Waals surface area contributed by atoms with Gasteiger partial charge in [0.1, 0.15) is 29.4 Å². The number of nitrogens with zero attached hydrogens (tertiary/aromatic N) is 3. The molecule has 18 heavy (non-hydrogen) atoms. The SMILES string of the molecule is CCC(N)C1=C(C#N)C(=C(C#N)C#N)OC1(C)C. The van der Waals surface area contributed by atoms with Gasteiger partial charge in [0.2, 0.25) is 0 Å². The first-order chi connectivity index (χ1) is 8.42. The Kier molecular flexibility index (Phi) is 3.76. The highest BCUT2D eigenvalue weighted by atomic mass is 16.5. The molecule has 0 spiro atoms. The van der Waals surface area contributed by atoms with E-state index in [1.165, 1.54) is 0 Å². The lowest BCUT2D eigenvalue weighted by Gasteiger charge is -2.25. The van der Waals surface area contributed by atoms with E-state index in [1.807, 2.05) is 13.0 Å². The van der Waals surface area contributed by atoms with Crippen molar-refractivity contribution >= 4 is 0 Å². The van der Waals surface area contributed by atoms with Crippen LogP contribution in [0.3, 0.4) is 0 Å². The molecule has 1 atom stereocenters. The Morgan fingerprint density at radius 2 is 1.89 bits per heavy atom. The number of rotatable bonds is 2. The average Bonchev–Trinajstić information content (AvgIpc) is 2.61. The van der Waals surface area contributed by atoms with Crippen molar-refractivity contribution in [2.45, 2.75) is 38.8 Å². The molecular formula is C13H14N4O. The second-order valence-corrected chi connectivity index (χ2v) is 4.46. The highest BCUT2D eigenvalue weighted by Crippen LogP contribution is 2.41. The average molecular weight is 242 g/mol. The highest BCUT2D eigenvalue weighted by molar-refractivity contribution is 5.58. The molecule has 1 unspecified atom stereocenters. The Morgan fingerprint density at radius 1 is 1.33 bits per heavy atom. The number of ether oxygens (including phenoxy) is 1. The lowest BCUT2D eigenvalue weighted by atomic mass is 9.88. The van der Waals surface area contributed by atoms with E-state index in [9.17, 15) is 5.26 Å². The summed E-state index contributed by atoms with van der Waals surface area (Å²) in [5.74, 6) is 0.0476. The summed E-state index contributed by atoms with van der Waals surface area (Å²) in [6.45, 7) is 5.45. The maximum absolute atomic E-state index is 9.23. The second kappa shape index (κ2) is 4.92. The van der Waals surface area contributed by atoms with Crippen LogP contribution in [0.1, 0.15) is 27.2 Å². The zero-order valence-corrected chi connectivity index (χ0v) is 10.6. The standard InChI is InChI=1S/C13H14N4O/c1-4-10(17)11-9(7-16)12(8(5-14)6-15)18-13(11,2)3/h10H,4,17H2,1-3H3. The monoisotopic (exact) mass is 242 g/mol. The first kappa shape index (κ1) is 13.8. The van der Waals surface area contributed by atoms with Gasteiger partial charge in [0.15, 0.2) is 11.3 Å². The zero-order chi connectivity index (χ0) is 13.9. The van der Waals surface area contributed by atoms with Crippen LogP contribution in [0, 0.1) is 34.0 Å². The summed E-state index contributed by atoms with van der Waals surface area (Å²) in [6.07, 6.45) is 0.648. The Morgan fingerprint density at radius 3 is 2.28 bits per heavy atom. The van der Waals surface area contributed by atoms with Crippen molar-refractivity contribution in [3.63, 3.8) is 0 Å². The zero-order valence-electron chi connectivity index (χ0n) is 10.6. The fraction of sp³-hybridized carbons (Fsp3) is 0.462. The third-order valence-corrected chi connectivity index (χ3v) is 2.88. The van der Waals surface area contributed by atoms with Crippen molar-refractivity contribution in [2.75, 3.05) is 0 Å². The molecule has 0 saturated heterocycles. The van der Waals surface area contributed by atoms with E-state index in [2.05, 4.69) is 0 Å². The van der Waals surface area contributed by atoms with Gasteiger partial charge in [0, 0.05) is 11.6 Å². The van der Waals surface area contributed by atoms with Crippen molar-refractivity contribution in [1.82, 2.24) is 0 Å². The third-order valence-electron chi connectivity index (χ3n) is 2.88. The minimum absolute atomic E-state index is 0.0476. The summed E-state index contributed by atoms with van der Waals surface area (Å²) in [6, 6.07) is 5.15. The predicted octanol–water partition coefficient (Wildman–Crippen LogP) is 1.65. The molecule has 0 radical (unpaired) electrons. The van der Waals surface area contributed by atoms with Crippen LogP contribution in [0.5, 0.6) is 0 Å². The summed E-state index contributed by atoms with van der Waals surface area (Å²) in [7, 11) is 0. The first-order valence-electron chi connectivity index (χ1n) is 5.57. The van der Waals surface area contributed by atoms with Crippen molar-refractivity contribution in [3.05, 3.63) is 22.5 Å². The van der Waals surface area contributed by atoms with E-state index >= 15 is 0 Å². The first-order valence-corrected chi connectivity index (χ1v) is 5.57. The quantitative estimate of drug-likeness (QED) is 0.741. The van der Waals surface area contributed by atoms with E-state index in [-0.39, 0.29) is 22.9 Å². The van der Waals surface area contributed by atoms with Crippen LogP contribution >= 0.6 is 0 Å². The Bertz CT molecular complexity index is 533. The fourth-order valence-corrected chi connectivity index (χ4v) is 2.03. The highest BCUT2D eigenvalue weighted by Gasteiger charge is 2.41. The Hall–Kier alpha value is -2.29. The summed E-state index contributed by atoms with van der Waals surface area (Å²) in [4.78, 5) is 0. The van der Waals surface area contributed by atoms with Gasteiger partial charge in [-0.05, 0) is 20.3 Å². The van der Waals surface area contributed by atoms with Crippen LogP contribution in [-0.4, -0.2) is 11.6 Å². The van der Waals surface area contributed by atoms with Crippen molar-refractivity contribution in [3.8, 4) is 18.2 Å². The third kappa shape index (κ3) is 2.07. The number of nitriles is 3. The fourth-order valence-electron chi connectivity index (χ4n) is 2.03. The topological polar surface area (TPSA) is 107 Å². The largest absolute Gasteiger partial charge is 0.480 e. The molecule has 92 valence electrons. The molecule has 0 bridgehead atoms.